The second-order valence-electron chi connectivity index (χ2n) is 5.40. The second kappa shape index (κ2) is 8.42. The largest absolute Gasteiger partial charge is 0.502 e. The summed E-state index contributed by atoms with van der Waals surface area (Å²) in [5.74, 6) is -0.650. The van der Waals surface area contributed by atoms with Crippen LogP contribution in [0.4, 0.5) is 0 Å². The zero-order valence-electron chi connectivity index (χ0n) is 13.3. The van der Waals surface area contributed by atoms with Gasteiger partial charge < -0.3 is 50.4 Å². The average Bonchev–Trinajstić information content (AvgIpc) is 2.58. The highest BCUT2D eigenvalue weighted by Gasteiger charge is 2.45. The summed E-state index contributed by atoms with van der Waals surface area (Å²) in [7, 11) is 0. The Hall–Kier alpha value is -2.25. The Morgan fingerprint density at radius 3 is 2.31 bits per heavy atom. The van der Waals surface area contributed by atoms with E-state index in [9.17, 15) is 25.2 Å². The van der Waals surface area contributed by atoms with E-state index in [0.717, 1.165) is 0 Å². The van der Waals surface area contributed by atoms with Crippen molar-refractivity contribution in [1.29, 1.82) is 0 Å². The second-order valence-corrected chi connectivity index (χ2v) is 5.40. The molecule has 0 saturated carbocycles. The number of phenols is 1. The van der Waals surface area contributed by atoms with E-state index in [1.165, 1.54) is 24.3 Å². The van der Waals surface area contributed by atoms with Gasteiger partial charge in [0.25, 0.3) is 0 Å². The van der Waals surface area contributed by atoms with Gasteiger partial charge in [0.05, 0.1) is 6.61 Å². The highest BCUT2D eigenvalue weighted by Crippen LogP contribution is 2.35. The minimum absolute atomic E-state index is 0. The molecule has 0 bridgehead atoms. The molecular formula is C15H20O11. The molecule has 5 atom stereocenters. The van der Waals surface area contributed by atoms with Gasteiger partial charge in [-0.2, -0.15) is 0 Å². The van der Waals surface area contributed by atoms with Crippen LogP contribution in [0.15, 0.2) is 33.5 Å². The number of aliphatic hydroxyl groups is 4. The van der Waals surface area contributed by atoms with Crippen molar-refractivity contribution in [3.63, 3.8) is 0 Å². The number of phenolic OH excluding ortho intramolecular Hbond substituents is 1. The number of hydrogen-bond acceptors (Lipinski definition) is 9. The van der Waals surface area contributed by atoms with Gasteiger partial charge in [-0.3, -0.25) is 0 Å². The van der Waals surface area contributed by atoms with Crippen molar-refractivity contribution in [1.82, 2.24) is 0 Å². The average molecular weight is 376 g/mol. The third kappa shape index (κ3) is 3.78. The quantitative estimate of drug-likeness (QED) is 0.345. The molecule has 11 heteroatoms. The molecule has 2 heterocycles. The SMILES string of the molecule is O.O.O=c1ccc2ccc(O[C@@H]3O[C@H](CO)[C@@H](O)[C@H](O)[C@H]3O)c(O)c2o1. The van der Waals surface area contributed by atoms with Crippen molar-refractivity contribution in [3.8, 4) is 11.5 Å². The molecule has 26 heavy (non-hydrogen) atoms. The van der Waals surface area contributed by atoms with Crippen molar-refractivity contribution in [2.75, 3.05) is 6.61 Å². The van der Waals surface area contributed by atoms with E-state index in [1.54, 1.807) is 0 Å². The molecule has 0 aliphatic carbocycles. The lowest BCUT2D eigenvalue weighted by Crippen LogP contribution is -2.60. The summed E-state index contributed by atoms with van der Waals surface area (Å²) in [6, 6.07) is 5.52. The number of benzene rings is 1. The molecule has 2 aromatic rings. The fourth-order valence-corrected chi connectivity index (χ4v) is 2.48. The first-order chi connectivity index (χ1) is 11.4. The maximum Gasteiger partial charge on any atom is 0.336 e. The fourth-order valence-electron chi connectivity index (χ4n) is 2.48. The molecule has 1 aliphatic rings. The first-order valence-corrected chi connectivity index (χ1v) is 7.15. The molecule has 1 saturated heterocycles. The number of hydrogen-bond donors (Lipinski definition) is 5. The predicted molar refractivity (Wildman–Crippen MR) is 85.8 cm³/mol. The Labute approximate surface area is 145 Å². The molecule has 9 N–H and O–H groups in total. The van der Waals surface area contributed by atoms with Crippen LogP contribution in [0.25, 0.3) is 11.0 Å². The summed E-state index contributed by atoms with van der Waals surface area (Å²) in [5, 5.41) is 49.2. The number of fused-ring (bicyclic) bond motifs is 1. The van der Waals surface area contributed by atoms with E-state index in [1.807, 2.05) is 0 Å². The summed E-state index contributed by atoms with van der Waals surface area (Å²) in [5.41, 5.74) is -0.771. The van der Waals surface area contributed by atoms with E-state index in [-0.39, 0.29) is 22.3 Å². The lowest BCUT2D eigenvalue weighted by Gasteiger charge is -2.39. The molecular weight excluding hydrogens is 356 g/mol. The Morgan fingerprint density at radius 1 is 1.00 bits per heavy atom. The van der Waals surface area contributed by atoms with Gasteiger partial charge >= 0.3 is 5.63 Å². The van der Waals surface area contributed by atoms with Crippen molar-refractivity contribution >= 4 is 11.0 Å². The molecule has 146 valence electrons. The zero-order chi connectivity index (χ0) is 17.4. The van der Waals surface area contributed by atoms with Gasteiger partial charge in [0.15, 0.2) is 11.3 Å². The summed E-state index contributed by atoms with van der Waals surface area (Å²) in [6.45, 7) is -0.608. The molecule has 3 rings (SSSR count). The van der Waals surface area contributed by atoms with Crippen LogP contribution in [0.5, 0.6) is 11.5 Å². The predicted octanol–water partition coefficient (Wildman–Crippen LogP) is -2.97. The van der Waals surface area contributed by atoms with Gasteiger partial charge in [0.1, 0.15) is 24.4 Å². The molecule has 0 amide bonds. The third-order valence-electron chi connectivity index (χ3n) is 3.82. The van der Waals surface area contributed by atoms with Gasteiger partial charge in [-0.15, -0.1) is 0 Å². The van der Waals surface area contributed by atoms with E-state index in [0.29, 0.717) is 5.39 Å². The first kappa shape index (κ1) is 21.8. The van der Waals surface area contributed by atoms with Gasteiger partial charge in [-0.25, -0.2) is 4.79 Å². The van der Waals surface area contributed by atoms with Crippen LogP contribution in [0, 0.1) is 0 Å². The Balaban J connectivity index is 0.00000169. The Morgan fingerprint density at radius 2 is 1.65 bits per heavy atom. The van der Waals surface area contributed by atoms with E-state index >= 15 is 0 Å². The van der Waals surface area contributed by atoms with Crippen molar-refractivity contribution in [3.05, 3.63) is 34.7 Å². The molecule has 0 spiro atoms. The topological polar surface area (TPSA) is 213 Å². The molecule has 1 fully saturated rings. The highest BCUT2D eigenvalue weighted by molar-refractivity contribution is 5.84. The Bertz CT molecular complexity index is 787. The number of aromatic hydroxyl groups is 1. The molecule has 0 unspecified atom stereocenters. The number of rotatable bonds is 3. The monoisotopic (exact) mass is 376 g/mol. The third-order valence-corrected chi connectivity index (χ3v) is 3.82. The normalized spacial score (nSPS) is 28.1. The van der Waals surface area contributed by atoms with E-state index in [4.69, 9.17) is 19.0 Å². The maximum atomic E-state index is 11.3. The molecule has 0 radical (unpaired) electrons. The molecule has 1 aromatic heterocycles. The highest BCUT2D eigenvalue weighted by atomic mass is 16.7. The maximum absolute atomic E-state index is 11.3. The standard InChI is InChI=1S/C15H16O9.2H2O/c16-5-8-10(18)12(20)13(21)15(23-8)22-7-3-1-6-2-4-9(17)24-14(6)11(7)19;;/h1-4,8,10,12-13,15-16,18-21H,5H2;2*1H2/t8-,10-,12+,13-,15-;;/m1../s1. The van der Waals surface area contributed by atoms with E-state index < -0.39 is 48.7 Å². The van der Waals surface area contributed by atoms with Crippen LogP contribution in [-0.2, 0) is 4.74 Å². The van der Waals surface area contributed by atoms with Crippen LogP contribution < -0.4 is 10.4 Å². The van der Waals surface area contributed by atoms with Gasteiger partial charge in [-0.05, 0) is 18.2 Å². The summed E-state index contributed by atoms with van der Waals surface area (Å²) >= 11 is 0. The summed E-state index contributed by atoms with van der Waals surface area (Å²) in [4.78, 5) is 11.3. The van der Waals surface area contributed by atoms with Crippen molar-refractivity contribution < 1.29 is 50.4 Å². The van der Waals surface area contributed by atoms with Crippen LogP contribution >= 0.6 is 0 Å². The lowest BCUT2D eigenvalue weighted by atomic mass is 9.99. The summed E-state index contributed by atoms with van der Waals surface area (Å²) < 4.78 is 15.4. The van der Waals surface area contributed by atoms with Gasteiger partial charge in [0, 0.05) is 11.5 Å². The van der Waals surface area contributed by atoms with Crippen LogP contribution in [0.3, 0.4) is 0 Å². The number of aliphatic hydroxyl groups excluding tert-OH is 4. The van der Waals surface area contributed by atoms with Crippen molar-refractivity contribution in [2.45, 2.75) is 30.7 Å². The molecule has 11 nitrogen and oxygen atoms in total. The summed E-state index contributed by atoms with van der Waals surface area (Å²) in [6.07, 6.45) is -7.36. The zero-order valence-corrected chi connectivity index (χ0v) is 13.3. The van der Waals surface area contributed by atoms with Gasteiger partial charge in [-0.1, -0.05) is 0 Å². The number of ether oxygens (including phenoxy) is 2. The van der Waals surface area contributed by atoms with E-state index in [2.05, 4.69) is 0 Å². The smallest absolute Gasteiger partial charge is 0.336 e. The Kier molecular flexibility index (Phi) is 7.06. The molecule has 1 aliphatic heterocycles. The first-order valence-electron chi connectivity index (χ1n) is 7.15. The molecule has 1 aromatic carbocycles. The van der Waals surface area contributed by atoms with Crippen molar-refractivity contribution in [2.24, 2.45) is 0 Å². The fraction of sp³-hybridized carbons (Fsp3) is 0.400. The van der Waals surface area contributed by atoms with Crippen LogP contribution in [-0.4, -0.2) is 73.8 Å². The lowest BCUT2D eigenvalue weighted by molar-refractivity contribution is -0.277. The van der Waals surface area contributed by atoms with Crippen LogP contribution in [0.1, 0.15) is 0 Å². The minimum atomic E-state index is -1.62. The van der Waals surface area contributed by atoms with Crippen LogP contribution in [0.2, 0.25) is 0 Å². The van der Waals surface area contributed by atoms with Gasteiger partial charge in [0.2, 0.25) is 12.0 Å². The minimum Gasteiger partial charge on any atom is -0.502 e.